The molecule has 0 rings (SSSR count). The van der Waals surface area contributed by atoms with Gasteiger partial charge in [0.2, 0.25) is 0 Å². The lowest BCUT2D eigenvalue weighted by molar-refractivity contribution is -0.161. The van der Waals surface area contributed by atoms with E-state index in [9.17, 15) is 43.5 Å². The fourth-order valence-electron chi connectivity index (χ4n) is 11.6. The van der Waals surface area contributed by atoms with E-state index in [-0.39, 0.29) is 19.3 Å². The van der Waals surface area contributed by atoms with E-state index in [4.69, 9.17) is 32.3 Å². The largest absolute Gasteiger partial charge is 0.472 e. The number of hydrogen-bond donors (Lipinski definition) is 4. The number of aliphatic hydroxyl groups excluding tert-OH is 2. The first-order valence-electron chi connectivity index (χ1n) is 42.8. The minimum atomic E-state index is -4.93. The van der Waals surface area contributed by atoms with Crippen molar-refractivity contribution in [1.82, 2.24) is 0 Å². The molecule has 16 nitrogen and oxygen atoms in total. The lowest BCUT2D eigenvalue weighted by atomic mass is 10.0. The first kappa shape index (κ1) is 103. The summed E-state index contributed by atoms with van der Waals surface area (Å²) in [7, 11) is -9.79. The summed E-state index contributed by atoms with van der Waals surface area (Å²) in [6, 6.07) is 0. The van der Waals surface area contributed by atoms with Crippen LogP contribution in [0.5, 0.6) is 0 Å². The highest BCUT2D eigenvalue weighted by Gasteiger charge is 2.29. The Morgan fingerprint density at radius 3 is 0.813 bits per heavy atom. The van der Waals surface area contributed by atoms with E-state index in [1.165, 1.54) is 167 Å². The Kier molecular flexibility index (Phi) is 78.4. The van der Waals surface area contributed by atoms with E-state index in [0.29, 0.717) is 19.3 Å². The van der Waals surface area contributed by atoms with Gasteiger partial charge in [-0.15, -0.1) is 0 Å². The molecule has 0 aliphatic rings. The zero-order valence-corrected chi connectivity index (χ0v) is 69.6. The smallest absolute Gasteiger partial charge is 0.463 e. The van der Waals surface area contributed by atoms with Crippen molar-refractivity contribution in [3.05, 3.63) is 122 Å². The van der Waals surface area contributed by atoms with Crippen molar-refractivity contribution in [3.8, 4) is 0 Å². The van der Waals surface area contributed by atoms with Crippen LogP contribution in [0, 0.1) is 0 Å². The van der Waals surface area contributed by atoms with Gasteiger partial charge in [-0.2, -0.15) is 0 Å². The fourth-order valence-corrected chi connectivity index (χ4v) is 13.2. The molecule has 4 N–H and O–H groups in total. The van der Waals surface area contributed by atoms with Crippen LogP contribution in [0.2, 0.25) is 0 Å². The number of phosphoric ester groups is 2. The normalized spacial score (nSPS) is 14.5. The second-order valence-corrected chi connectivity index (χ2v) is 31.5. The molecule has 0 bridgehead atoms. The maximum atomic E-state index is 13.0. The predicted molar refractivity (Wildman–Crippen MR) is 445 cm³/mol. The minimum absolute atomic E-state index is 0.0936. The fraction of sp³-hybridized carbons (Fsp3) is 0.742. The van der Waals surface area contributed by atoms with Crippen LogP contribution in [0.3, 0.4) is 0 Å². The number of ether oxygens (including phenoxy) is 3. The number of allylic oxidation sites excluding steroid dienone is 20. The standard InChI is InChI=1S/C89H156O16P2/c1-4-7-10-13-16-19-22-25-27-29-31-33-35-37-39-40-41-42-44-46-47-49-51-53-55-58-60-63-66-69-72-75-87(92)99-78-84(90)79-101-106(95,96)102-80-85(91)81-103-107(97,98)104-83-86(105-89(94)77-74-71-68-65-62-57-24-21-18-15-12-9-6-3)82-100-88(93)76-73-70-67-64-61-59-56-54-52-50-48-45-43-38-36-34-32-30-28-26-23-20-17-14-11-8-5-2/h8,11,16-17,19-21,24-28,31-34,37-39,43,84-86,90-91H,4-7,9-10,12-15,18,22-23,29-30,35-36,40-42,44-83H2,1-3H3,(H,95,96)(H,97,98)/b11-8-,19-16-,20-17-,24-21-,27-25-,28-26-,33-31-,34-32-,39-37-,43-38-. The SMILES string of the molecule is CC/C=C\C/C=C\C/C=C\C/C=C\C/C=C\CCCCCCCCCCCCCC(=O)OCC(COP(=O)(O)OCC(O)COP(=O)(O)OCC(O)COC(=O)CCCCCCCCCCCCCCCCC/C=C\C/C=C\C/C=C\C/C=C\CCCCC)OC(=O)CCCCCCC/C=C\CCCCCC. The van der Waals surface area contributed by atoms with Gasteiger partial charge in [-0.05, 0) is 135 Å². The zero-order chi connectivity index (χ0) is 78.0. The second kappa shape index (κ2) is 81.4. The average Bonchev–Trinajstić information content (AvgIpc) is 0.902. The van der Waals surface area contributed by atoms with Gasteiger partial charge in [0.25, 0.3) is 0 Å². The van der Waals surface area contributed by atoms with Gasteiger partial charge in [0.1, 0.15) is 25.4 Å². The lowest BCUT2D eigenvalue weighted by Crippen LogP contribution is -2.30. The molecule has 0 amide bonds. The number of esters is 3. The molecule has 0 aliphatic heterocycles. The van der Waals surface area contributed by atoms with Gasteiger partial charge in [-0.3, -0.25) is 32.5 Å². The summed E-state index contributed by atoms with van der Waals surface area (Å²) in [5, 5.41) is 20.7. The number of carbonyl (C=O) groups is 3. The van der Waals surface area contributed by atoms with Crippen LogP contribution >= 0.6 is 15.6 Å². The first-order valence-corrected chi connectivity index (χ1v) is 45.8. The molecule has 0 heterocycles. The van der Waals surface area contributed by atoms with Crippen molar-refractivity contribution >= 4 is 33.6 Å². The summed E-state index contributed by atoms with van der Waals surface area (Å²) in [5.41, 5.74) is 0. The molecule has 0 spiro atoms. The third kappa shape index (κ3) is 82.7. The molecule has 0 aromatic heterocycles. The molecular weight excluding hydrogens is 1390 g/mol. The van der Waals surface area contributed by atoms with E-state index in [1.807, 2.05) is 0 Å². The zero-order valence-electron chi connectivity index (χ0n) is 67.8. The lowest BCUT2D eigenvalue weighted by Gasteiger charge is -2.21. The van der Waals surface area contributed by atoms with Crippen molar-refractivity contribution in [3.63, 3.8) is 0 Å². The van der Waals surface area contributed by atoms with Crippen LogP contribution in [-0.4, -0.2) is 95.9 Å². The highest BCUT2D eigenvalue weighted by atomic mass is 31.2. The number of aliphatic hydroxyl groups is 2. The maximum absolute atomic E-state index is 13.0. The van der Waals surface area contributed by atoms with Gasteiger partial charge in [-0.1, -0.05) is 335 Å². The molecule has 0 radical (unpaired) electrons. The molecule has 0 aromatic rings. The molecular formula is C89H156O16P2. The Morgan fingerprint density at radius 2 is 0.495 bits per heavy atom. The van der Waals surface area contributed by atoms with Gasteiger partial charge in [0.05, 0.1) is 26.4 Å². The van der Waals surface area contributed by atoms with E-state index in [0.717, 1.165) is 141 Å². The van der Waals surface area contributed by atoms with Crippen molar-refractivity contribution in [1.29, 1.82) is 0 Å². The Labute approximate surface area is 653 Å². The second-order valence-electron chi connectivity index (χ2n) is 28.6. The molecule has 0 saturated heterocycles. The van der Waals surface area contributed by atoms with E-state index >= 15 is 0 Å². The van der Waals surface area contributed by atoms with Gasteiger partial charge in [0.15, 0.2) is 6.10 Å². The van der Waals surface area contributed by atoms with Gasteiger partial charge >= 0.3 is 33.6 Å². The summed E-state index contributed by atoms with van der Waals surface area (Å²) in [4.78, 5) is 58.7. The third-order valence-corrected chi connectivity index (χ3v) is 20.0. The van der Waals surface area contributed by atoms with Gasteiger partial charge < -0.3 is 34.2 Å². The highest BCUT2D eigenvalue weighted by molar-refractivity contribution is 7.47. The van der Waals surface area contributed by atoms with Crippen LogP contribution in [0.4, 0.5) is 0 Å². The highest BCUT2D eigenvalue weighted by Crippen LogP contribution is 2.45. The minimum Gasteiger partial charge on any atom is -0.463 e. The summed E-state index contributed by atoms with van der Waals surface area (Å²) >= 11 is 0. The van der Waals surface area contributed by atoms with Crippen molar-refractivity contribution in [2.75, 3.05) is 39.6 Å². The number of unbranched alkanes of at least 4 members (excludes halogenated alkanes) is 38. The van der Waals surface area contributed by atoms with Crippen molar-refractivity contribution in [2.24, 2.45) is 0 Å². The maximum Gasteiger partial charge on any atom is 0.472 e. The quantitative estimate of drug-likeness (QED) is 0.0146. The topological polar surface area (TPSA) is 231 Å². The Hall–Kier alpha value is -4.05. The van der Waals surface area contributed by atoms with E-state index in [2.05, 4.69) is 142 Å². The van der Waals surface area contributed by atoms with Crippen LogP contribution in [0.15, 0.2) is 122 Å². The molecule has 618 valence electrons. The molecule has 0 fully saturated rings. The van der Waals surface area contributed by atoms with Crippen LogP contribution in [-0.2, 0) is 55.8 Å². The first-order chi connectivity index (χ1) is 52.2. The van der Waals surface area contributed by atoms with E-state index in [1.54, 1.807) is 0 Å². The Morgan fingerprint density at radius 1 is 0.271 bits per heavy atom. The van der Waals surface area contributed by atoms with Crippen LogP contribution in [0.1, 0.15) is 367 Å². The summed E-state index contributed by atoms with van der Waals surface area (Å²) in [5.74, 6) is -1.58. The summed E-state index contributed by atoms with van der Waals surface area (Å²) in [6.07, 6.45) is 98.3. The van der Waals surface area contributed by atoms with Gasteiger partial charge in [0, 0.05) is 19.3 Å². The molecule has 0 aromatic carbocycles. The molecule has 0 saturated carbocycles. The molecule has 5 unspecified atom stereocenters. The molecule has 5 atom stereocenters. The number of carbonyl (C=O) groups excluding carboxylic acids is 3. The van der Waals surface area contributed by atoms with Crippen molar-refractivity contribution in [2.45, 2.75) is 386 Å². The molecule has 18 heteroatoms. The molecule has 107 heavy (non-hydrogen) atoms. The number of rotatable bonds is 81. The average molecular weight is 1540 g/mol. The number of hydrogen-bond acceptors (Lipinski definition) is 14. The van der Waals surface area contributed by atoms with Crippen LogP contribution in [0.25, 0.3) is 0 Å². The molecule has 0 aliphatic carbocycles. The third-order valence-electron chi connectivity index (χ3n) is 18.1. The van der Waals surface area contributed by atoms with E-state index < -0.39 is 91.5 Å². The Balaban J connectivity index is 4.44. The van der Waals surface area contributed by atoms with Crippen molar-refractivity contribution < 1.29 is 75.8 Å². The monoisotopic (exact) mass is 1540 g/mol. The summed E-state index contributed by atoms with van der Waals surface area (Å²) in [6.45, 7) is 2.55. The Bertz CT molecular complexity index is 2430. The number of phosphoric acid groups is 2. The van der Waals surface area contributed by atoms with Crippen LogP contribution < -0.4 is 0 Å². The predicted octanol–water partition coefficient (Wildman–Crippen LogP) is 25.7. The van der Waals surface area contributed by atoms with Gasteiger partial charge in [-0.25, -0.2) is 9.13 Å². The summed E-state index contributed by atoms with van der Waals surface area (Å²) < 4.78 is 61.2.